The van der Waals surface area contributed by atoms with E-state index in [9.17, 15) is 13.2 Å². The second kappa shape index (κ2) is 5.12. The Morgan fingerprint density at radius 3 is 2.00 bits per heavy atom. The normalized spacial score (nSPS) is 12.5. The lowest BCUT2D eigenvalue weighted by atomic mass is 9.98. The van der Waals surface area contributed by atoms with E-state index in [0.717, 1.165) is 12.1 Å². The molecular weight excluding hydrogens is 307 g/mol. The number of nitrogens with two attached hydrogens (primary N) is 1. The highest BCUT2D eigenvalue weighted by molar-refractivity contribution is 9.10. The fourth-order valence-corrected chi connectivity index (χ4v) is 2.23. The third-order valence-corrected chi connectivity index (χ3v) is 3.46. The van der Waals surface area contributed by atoms with Gasteiger partial charge in [-0.15, -0.1) is 0 Å². The van der Waals surface area contributed by atoms with Crippen molar-refractivity contribution in [2.45, 2.75) is 6.04 Å². The maximum atomic E-state index is 13.6. The fraction of sp³-hybridized carbons (Fsp3) is 0.0769. The van der Waals surface area contributed by atoms with Gasteiger partial charge in [-0.2, -0.15) is 0 Å². The molecule has 0 radical (unpaired) electrons. The Bertz CT molecular complexity index is 566. The predicted molar refractivity (Wildman–Crippen MR) is 66.5 cm³/mol. The van der Waals surface area contributed by atoms with E-state index in [2.05, 4.69) is 15.9 Å². The Balaban J connectivity index is 2.55. The number of rotatable bonds is 2. The van der Waals surface area contributed by atoms with Crippen LogP contribution in [0.15, 0.2) is 40.9 Å². The van der Waals surface area contributed by atoms with E-state index in [1.54, 1.807) is 0 Å². The van der Waals surface area contributed by atoms with Gasteiger partial charge in [0, 0.05) is 5.56 Å². The molecule has 0 heterocycles. The molecule has 0 fully saturated rings. The minimum absolute atomic E-state index is 0.111. The maximum Gasteiger partial charge on any atom is 0.137 e. The Kier molecular flexibility index (Phi) is 3.73. The minimum atomic E-state index is -1.07. The van der Waals surface area contributed by atoms with E-state index in [0.29, 0.717) is 5.56 Å². The minimum Gasteiger partial charge on any atom is -0.320 e. The largest absolute Gasteiger partial charge is 0.320 e. The van der Waals surface area contributed by atoms with Gasteiger partial charge in [-0.3, -0.25) is 0 Å². The smallest absolute Gasteiger partial charge is 0.137 e. The van der Waals surface area contributed by atoms with Crippen LogP contribution < -0.4 is 5.73 Å². The number of hydrogen-bond donors (Lipinski definition) is 1. The van der Waals surface area contributed by atoms with Crippen LogP contribution in [0.4, 0.5) is 13.2 Å². The van der Waals surface area contributed by atoms with Crippen LogP contribution in [-0.4, -0.2) is 0 Å². The molecule has 1 atom stereocenters. The van der Waals surface area contributed by atoms with Gasteiger partial charge in [-0.05, 0) is 39.7 Å². The molecule has 0 saturated carbocycles. The van der Waals surface area contributed by atoms with Crippen molar-refractivity contribution in [1.29, 1.82) is 0 Å². The predicted octanol–water partition coefficient (Wildman–Crippen LogP) is 3.91. The van der Waals surface area contributed by atoms with E-state index in [4.69, 9.17) is 5.73 Å². The zero-order valence-corrected chi connectivity index (χ0v) is 10.7. The summed E-state index contributed by atoms with van der Waals surface area (Å²) in [7, 11) is 0. The van der Waals surface area contributed by atoms with Crippen molar-refractivity contribution >= 4 is 15.9 Å². The van der Waals surface area contributed by atoms with Crippen LogP contribution in [-0.2, 0) is 0 Å². The summed E-state index contributed by atoms with van der Waals surface area (Å²) in [6, 6.07) is 6.60. The first kappa shape index (κ1) is 13.1. The van der Waals surface area contributed by atoms with Gasteiger partial charge in [0.2, 0.25) is 0 Å². The molecule has 1 nitrogen and oxygen atoms in total. The first-order valence-electron chi connectivity index (χ1n) is 5.15. The van der Waals surface area contributed by atoms with Crippen LogP contribution in [0.3, 0.4) is 0 Å². The highest BCUT2D eigenvalue weighted by Gasteiger charge is 2.21. The quantitative estimate of drug-likeness (QED) is 0.893. The van der Waals surface area contributed by atoms with E-state index < -0.39 is 23.5 Å². The third kappa shape index (κ3) is 2.28. The molecule has 0 aliphatic rings. The average Bonchev–Trinajstić information content (AvgIpc) is 2.32. The van der Waals surface area contributed by atoms with Gasteiger partial charge in [0.25, 0.3) is 0 Å². The Morgan fingerprint density at radius 2 is 1.39 bits per heavy atom. The highest BCUT2D eigenvalue weighted by atomic mass is 79.9. The molecule has 18 heavy (non-hydrogen) atoms. The van der Waals surface area contributed by atoms with Crippen molar-refractivity contribution in [3.63, 3.8) is 0 Å². The summed E-state index contributed by atoms with van der Waals surface area (Å²) < 4.78 is 40.7. The van der Waals surface area contributed by atoms with E-state index in [1.165, 1.54) is 24.3 Å². The van der Waals surface area contributed by atoms with Gasteiger partial charge >= 0.3 is 0 Å². The summed E-state index contributed by atoms with van der Waals surface area (Å²) in [6.07, 6.45) is 0. The van der Waals surface area contributed by atoms with Crippen molar-refractivity contribution in [2.75, 3.05) is 0 Å². The van der Waals surface area contributed by atoms with Gasteiger partial charge in [0.1, 0.15) is 17.5 Å². The van der Waals surface area contributed by atoms with E-state index >= 15 is 0 Å². The number of halogens is 4. The van der Waals surface area contributed by atoms with Crippen LogP contribution in [0, 0.1) is 17.5 Å². The molecule has 2 rings (SSSR count). The van der Waals surface area contributed by atoms with Crippen molar-refractivity contribution in [3.05, 3.63) is 69.4 Å². The summed E-state index contributed by atoms with van der Waals surface area (Å²) in [6.45, 7) is 0. The molecular formula is C13H9BrF3N. The van der Waals surface area contributed by atoms with Gasteiger partial charge in [-0.1, -0.05) is 18.2 Å². The second-order valence-corrected chi connectivity index (χ2v) is 4.55. The highest BCUT2D eigenvalue weighted by Crippen LogP contribution is 2.31. The van der Waals surface area contributed by atoms with Crippen molar-refractivity contribution in [2.24, 2.45) is 5.73 Å². The van der Waals surface area contributed by atoms with Gasteiger partial charge in [0.05, 0.1) is 10.5 Å². The van der Waals surface area contributed by atoms with Crippen LogP contribution >= 0.6 is 15.9 Å². The lowest BCUT2D eigenvalue weighted by molar-refractivity contribution is 0.541. The number of hydrogen-bond acceptors (Lipinski definition) is 1. The van der Waals surface area contributed by atoms with Gasteiger partial charge < -0.3 is 5.73 Å². The molecule has 1 unspecified atom stereocenters. The van der Waals surface area contributed by atoms with E-state index in [1.807, 2.05) is 0 Å². The molecule has 2 aromatic rings. The van der Waals surface area contributed by atoms with Crippen molar-refractivity contribution in [3.8, 4) is 0 Å². The molecule has 0 amide bonds. The lowest BCUT2D eigenvalue weighted by Gasteiger charge is -2.16. The van der Waals surface area contributed by atoms with Crippen molar-refractivity contribution in [1.82, 2.24) is 0 Å². The summed E-state index contributed by atoms with van der Waals surface area (Å²) in [5.74, 6) is -2.03. The molecule has 0 bridgehead atoms. The summed E-state index contributed by atoms with van der Waals surface area (Å²) in [5.41, 5.74) is 5.83. The topological polar surface area (TPSA) is 26.0 Å². The average molecular weight is 316 g/mol. The summed E-state index contributed by atoms with van der Waals surface area (Å²) in [5, 5.41) is 0. The molecule has 0 aliphatic carbocycles. The van der Waals surface area contributed by atoms with Gasteiger partial charge in [-0.25, -0.2) is 13.2 Å². The lowest BCUT2D eigenvalue weighted by Crippen LogP contribution is -2.16. The zero-order valence-electron chi connectivity index (χ0n) is 9.13. The molecule has 2 aromatic carbocycles. The fourth-order valence-electron chi connectivity index (χ4n) is 1.72. The Morgan fingerprint density at radius 1 is 0.889 bits per heavy atom. The maximum absolute atomic E-state index is 13.6. The van der Waals surface area contributed by atoms with E-state index in [-0.39, 0.29) is 10.0 Å². The van der Waals surface area contributed by atoms with Gasteiger partial charge in [0.15, 0.2) is 0 Å². The monoisotopic (exact) mass is 315 g/mol. The van der Waals surface area contributed by atoms with Crippen LogP contribution in [0.25, 0.3) is 0 Å². The third-order valence-electron chi connectivity index (χ3n) is 2.63. The van der Waals surface area contributed by atoms with Crippen LogP contribution in [0.5, 0.6) is 0 Å². The standard InChI is InChI=1S/C13H9BrF3N/c14-12-7(3-1-6-10(12)17)13(18)11-8(15)4-2-5-9(11)16/h1-6,13H,18H2. The molecule has 2 N–H and O–H groups in total. The molecule has 5 heteroatoms. The Labute approximate surface area is 111 Å². The molecule has 94 valence electrons. The number of benzene rings is 2. The first-order valence-corrected chi connectivity index (χ1v) is 5.95. The Hall–Kier alpha value is -1.33. The molecule has 0 aromatic heterocycles. The van der Waals surface area contributed by atoms with Crippen molar-refractivity contribution < 1.29 is 13.2 Å². The van der Waals surface area contributed by atoms with Crippen LogP contribution in [0.2, 0.25) is 0 Å². The summed E-state index contributed by atoms with van der Waals surface area (Å²) in [4.78, 5) is 0. The molecule has 0 aliphatic heterocycles. The SMILES string of the molecule is NC(c1cccc(F)c1Br)c1c(F)cccc1F. The van der Waals surface area contributed by atoms with Crippen LogP contribution in [0.1, 0.15) is 17.2 Å². The zero-order chi connectivity index (χ0) is 13.3. The first-order chi connectivity index (χ1) is 8.52. The molecule has 0 saturated heterocycles. The summed E-state index contributed by atoms with van der Waals surface area (Å²) >= 11 is 3.03. The second-order valence-electron chi connectivity index (χ2n) is 3.76. The molecule has 0 spiro atoms.